The lowest BCUT2D eigenvalue weighted by molar-refractivity contribution is 0.162. The van der Waals surface area contributed by atoms with Gasteiger partial charge in [0, 0.05) is 19.6 Å². The maximum Gasteiger partial charge on any atom is 0.127 e. The fourth-order valence-electron chi connectivity index (χ4n) is 3.28. The fraction of sp³-hybridized carbons (Fsp3) is 0.647. The molecule has 1 aliphatic rings. The van der Waals surface area contributed by atoms with Crippen LogP contribution in [0.3, 0.4) is 0 Å². The molecule has 21 heavy (non-hydrogen) atoms. The van der Waals surface area contributed by atoms with Crippen molar-refractivity contribution >= 4 is 0 Å². The highest BCUT2D eigenvalue weighted by atomic mass is 16.5. The van der Waals surface area contributed by atoms with Gasteiger partial charge in [-0.25, -0.2) is 0 Å². The Morgan fingerprint density at radius 1 is 1.24 bits per heavy atom. The van der Waals surface area contributed by atoms with E-state index in [1.54, 1.807) is 14.2 Å². The summed E-state index contributed by atoms with van der Waals surface area (Å²) in [6, 6.07) is 5.97. The molecule has 1 heterocycles. The van der Waals surface area contributed by atoms with Gasteiger partial charge in [-0.3, -0.25) is 0 Å². The summed E-state index contributed by atoms with van der Waals surface area (Å²) in [5, 5.41) is 0. The van der Waals surface area contributed by atoms with Crippen LogP contribution in [0.15, 0.2) is 18.2 Å². The van der Waals surface area contributed by atoms with Gasteiger partial charge in [-0.1, -0.05) is 6.07 Å². The van der Waals surface area contributed by atoms with Crippen LogP contribution >= 0.6 is 0 Å². The lowest BCUT2D eigenvalue weighted by Gasteiger charge is -2.32. The molecule has 4 nitrogen and oxygen atoms in total. The van der Waals surface area contributed by atoms with Crippen molar-refractivity contribution in [2.75, 3.05) is 47.9 Å². The molecule has 0 bridgehead atoms. The molecule has 1 fully saturated rings. The largest absolute Gasteiger partial charge is 0.496 e. The van der Waals surface area contributed by atoms with Crippen molar-refractivity contribution in [3.05, 3.63) is 23.8 Å². The quantitative estimate of drug-likeness (QED) is 0.804. The van der Waals surface area contributed by atoms with Gasteiger partial charge in [0.05, 0.1) is 19.8 Å². The zero-order valence-electron chi connectivity index (χ0n) is 13.8. The zero-order chi connectivity index (χ0) is 15.2. The van der Waals surface area contributed by atoms with Gasteiger partial charge >= 0.3 is 0 Å². The minimum Gasteiger partial charge on any atom is -0.496 e. The molecular formula is C17H28N2O2. The summed E-state index contributed by atoms with van der Waals surface area (Å²) >= 11 is 0. The van der Waals surface area contributed by atoms with Crippen molar-refractivity contribution in [1.29, 1.82) is 0 Å². The highest BCUT2D eigenvalue weighted by Crippen LogP contribution is 2.29. The SMILES string of the molecule is COc1cccc(OC)c1CN(C)C[C@H]1CCCN(C)C1. The van der Waals surface area contributed by atoms with Crippen LogP contribution in [0.4, 0.5) is 0 Å². The van der Waals surface area contributed by atoms with Crippen molar-refractivity contribution in [2.24, 2.45) is 5.92 Å². The number of piperidine rings is 1. The van der Waals surface area contributed by atoms with E-state index in [0.717, 1.165) is 36.1 Å². The first-order valence-corrected chi connectivity index (χ1v) is 7.71. The second kappa shape index (κ2) is 7.66. The molecule has 0 unspecified atom stereocenters. The Morgan fingerprint density at radius 3 is 2.48 bits per heavy atom. The Hall–Kier alpha value is -1.26. The van der Waals surface area contributed by atoms with Crippen molar-refractivity contribution in [2.45, 2.75) is 19.4 Å². The Labute approximate surface area is 128 Å². The standard InChI is InChI=1S/C17H28N2O2/c1-18-10-6-7-14(11-18)12-19(2)13-15-16(20-3)8-5-9-17(15)21-4/h5,8-9,14H,6-7,10-13H2,1-4H3/t14-/m0/s1. The fourth-order valence-corrected chi connectivity index (χ4v) is 3.28. The van der Waals surface area contributed by atoms with E-state index in [9.17, 15) is 0 Å². The summed E-state index contributed by atoms with van der Waals surface area (Å²) in [6.45, 7) is 4.41. The number of ether oxygens (including phenoxy) is 2. The first-order chi connectivity index (χ1) is 10.1. The Kier molecular flexibility index (Phi) is 5.88. The number of hydrogen-bond acceptors (Lipinski definition) is 4. The molecule has 0 saturated carbocycles. The van der Waals surface area contributed by atoms with Crippen molar-refractivity contribution < 1.29 is 9.47 Å². The highest BCUT2D eigenvalue weighted by Gasteiger charge is 2.20. The van der Waals surface area contributed by atoms with E-state index < -0.39 is 0 Å². The Balaban J connectivity index is 2.00. The van der Waals surface area contributed by atoms with Gasteiger partial charge in [0.2, 0.25) is 0 Å². The molecule has 1 aromatic rings. The van der Waals surface area contributed by atoms with Crippen LogP contribution in [-0.4, -0.2) is 57.7 Å². The first kappa shape index (κ1) is 16.1. The van der Waals surface area contributed by atoms with E-state index >= 15 is 0 Å². The van der Waals surface area contributed by atoms with Gasteiger partial charge in [0.1, 0.15) is 11.5 Å². The Morgan fingerprint density at radius 2 is 1.90 bits per heavy atom. The molecule has 1 atom stereocenters. The third kappa shape index (κ3) is 4.35. The number of hydrogen-bond donors (Lipinski definition) is 0. The average Bonchev–Trinajstić information content (AvgIpc) is 2.47. The Bertz CT molecular complexity index is 428. The van der Waals surface area contributed by atoms with E-state index in [1.165, 1.54) is 25.9 Å². The number of rotatable bonds is 6. The summed E-state index contributed by atoms with van der Waals surface area (Å²) in [5.74, 6) is 2.57. The summed E-state index contributed by atoms with van der Waals surface area (Å²) in [7, 11) is 7.83. The number of methoxy groups -OCH3 is 2. The molecule has 0 spiro atoms. The number of nitrogens with zero attached hydrogens (tertiary/aromatic N) is 2. The van der Waals surface area contributed by atoms with Gasteiger partial charge in [-0.15, -0.1) is 0 Å². The molecule has 1 aliphatic heterocycles. The van der Waals surface area contributed by atoms with Crippen LogP contribution in [0.2, 0.25) is 0 Å². The van der Waals surface area contributed by atoms with E-state index in [1.807, 2.05) is 18.2 Å². The van der Waals surface area contributed by atoms with E-state index in [4.69, 9.17) is 9.47 Å². The molecule has 118 valence electrons. The minimum atomic E-state index is 0.759. The third-order valence-electron chi connectivity index (χ3n) is 4.25. The van der Waals surface area contributed by atoms with Crippen LogP contribution in [0, 0.1) is 5.92 Å². The summed E-state index contributed by atoms with van der Waals surface area (Å²) in [5.41, 5.74) is 1.13. The van der Waals surface area contributed by atoms with Gasteiger partial charge in [0.25, 0.3) is 0 Å². The van der Waals surface area contributed by atoms with Crippen molar-refractivity contribution in [3.8, 4) is 11.5 Å². The predicted molar refractivity (Wildman–Crippen MR) is 86.1 cm³/mol. The highest BCUT2D eigenvalue weighted by molar-refractivity contribution is 5.44. The molecule has 0 amide bonds. The van der Waals surface area contributed by atoms with Gasteiger partial charge in [-0.2, -0.15) is 0 Å². The van der Waals surface area contributed by atoms with Gasteiger partial charge in [0.15, 0.2) is 0 Å². The average molecular weight is 292 g/mol. The van der Waals surface area contributed by atoms with Crippen LogP contribution in [0.25, 0.3) is 0 Å². The zero-order valence-corrected chi connectivity index (χ0v) is 13.8. The molecule has 1 saturated heterocycles. The van der Waals surface area contributed by atoms with E-state index in [0.29, 0.717) is 0 Å². The van der Waals surface area contributed by atoms with Gasteiger partial charge < -0.3 is 19.3 Å². The molecule has 1 aromatic carbocycles. The normalized spacial score (nSPS) is 19.8. The molecule has 0 N–H and O–H groups in total. The molecule has 4 heteroatoms. The lowest BCUT2D eigenvalue weighted by atomic mass is 9.98. The summed E-state index contributed by atoms with van der Waals surface area (Å²) in [6.07, 6.45) is 2.64. The topological polar surface area (TPSA) is 24.9 Å². The molecule has 2 rings (SSSR count). The van der Waals surface area contributed by atoms with E-state index in [2.05, 4.69) is 23.9 Å². The van der Waals surface area contributed by atoms with Crippen molar-refractivity contribution in [1.82, 2.24) is 9.80 Å². The molecular weight excluding hydrogens is 264 g/mol. The summed E-state index contributed by atoms with van der Waals surface area (Å²) < 4.78 is 11.0. The lowest BCUT2D eigenvalue weighted by Crippen LogP contribution is -2.37. The number of likely N-dealkylation sites (tertiary alicyclic amines) is 1. The minimum absolute atomic E-state index is 0.759. The van der Waals surface area contributed by atoms with E-state index in [-0.39, 0.29) is 0 Å². The van der Waals surface area contributed by atoms with Crippen molar-refractivity contribution in [3.63, 3.8) is 0 Å². The monoisotopic (exact) mass is 292 g/mol. The molecule has 0 aromatic heterocycles. The second-order valence-electron chi connectivity index (χ2n) is 6.11. The van der Waals surface area contributed by atoms with Crippen LogP contribution in [-0.2, 0) is 6.54 Å². The predicted octanol–water partition coefficient (Wildman–Crippen LogP) is 2.48. The first-order valence-electron chi connectivity index (χ1n) is 7.71. The maximum atomic E-state index is 5.48. The third-order valence-corrected chi connectivity index (χ3v) is 4.25. The second-order valence-corrected chi connectivity index (χ2v) is 6.11. The van der Waals surface area contributed by atoms with Crippen LogP contribution in [0.5, 0.6) is 11.5 Å². The van der Waals surface area contributed by atoms with Crippen LogP contribution in [0.1, 0.15) is 18.4 Å². The smallest absolute Gasteiger partial charge is 0.127 e. The van der Waals surface area contributed by atoms with Crippen LogP contribution < -0.4 is 9.47 Å². The summed E-state index contributed by atoms with van der Waals surface area (Å²) in [4.78, 5) is 4.82. The molecule has 0 radical (unpaired) electrons. The van der Waals surface area contributed by atoms with Gasteiger partial charge in [-0.05, 0) is 51.5 Å². The number of benzene rings is 1. The maximum absolute atomic E-state index is 5.48. The molecule has 0 aliphatic carbocycles.